The fourth-order valence-electron chi connectivity index (χ4n) is 2.93. The number of nitrogens with zero attached hydrogens (tertiary/aromatic N) is 1. The zero-order valence-corrected chi connectivity index (χ0v) is 14.1. The van der Waals surface area contributed by atoms with Gasteiger partial charge in [0.2, 0.25) is 0 Å². The lowest BCUT2D eigenvalue weighted by Crippen LogP contribution is -2.29. The molecule has 132 valence electrons. The van der Waals surface area contributed by atoms with Crippen molar-refractivity contribution >= 4 is 30.1 Å². The second-order valence-electron chi connectivity index (χ2n) is 6.03. The summed E-state index contributed by atoms with van der Waals surface area (Å²) in [6.45, 7) is 0. The lowest BCUT2D eigenvalue weighted by molar-refractivity contribution is 0.0926. The Morgan fingerprint density at radius 1 is 0.704 bits per heavy atom. The molecule has 3 aromatic rings. The highest BCUT2D eigenvalue weighted by Crippen LogP contribution is 2.30. The number of hydrogen-bond acceptors (Lipinski definition) is 5. The maximum Gasteiger partial charge on any atom is 0.488 e. The van der Waals surface area contributed by atoms with Crippen LogP contribution < -0.4 is 15.1 Å². The van der Waals surface area contributed by atoms with Gasteiger partial charge in [0, 0.05) is 0 Å². The second kappa shape index (κ2) is 6.72. The Balaban J connectivity index is 1.53. The fourth-order valence-corrected chi connectivity index (χ4v) is 2.93. The third kappa shape index (κ3) is 3.10. The summed E-state index contributed by atoms with van der Waals surface area (Å²) in [7, 11) is -1.53. The van der Waals surface area contributed by atoms with Gasteiger partial charge in [-0.3, -0.25) is 9.59 Å². The molecule has 2 amide bonds. The number of amides is 2. The predicted octanol–water partition coefficient (Wildman–Crippen LogP) is 1.96. The molecule has 2 N–H and O–H groups in total. The van der Waals surface area contributed by atoms with E-state index < -0.39 is 7.12 Å². The van der Waals surface area contributed by atoms with Crippen LogP contribution in [-0.2, 0) is 0 Å². The highest BCUT2D eigenvalue weighted by atomic mass is 16.5. The summed E-state index contributed by atoms with van der Waals surface area (Å²) in [5.74, 6) is 0.352. The fraction of sp³-hybridized carbons (Fsp3) is 0. The molecule has 0 unspecified atom stereocenters. The molecule has 0 saturated carbocycles. The van der Waals surface area contributed by atoms with Crippen LogP contribution in [0.2, 0.25) is 0 Å². The standard InChI is InChI=1S/C20H14BNO5/c23-19-17-3-1-2-4-18(17)20(24)22(19)14-7-11-16(12-8-14)27-15-9-5-13(6-10-15)21(25)26/h1-12,25-26H. The summed E-state index contributed by atoms with van der Waals surface area (Å²) >= 11 is 0. The minimum atomic E-state index is -1.53. The Bertz CT molecular complexity index is 980. The third-order valence-electron chi connectivity index (χ3n) is 4.30. The third-order valence-corrected chi connectivity index (χ3v) is 4.30. The van der Waals surface area contributed by atoms with Gasteiger partial charge in [0.05, 0.1) is 16.8 Å². The molecule has 1 aliphatic heterocycles. The SMILES string of the molecule is O=C1c2ccccc2C(=O)N1c1ccc(Oc2ccc(B(O)O)cc2)cc1. The van der Waals surface area contributed by atoms with Gasteiger partial charge in [-0.2, -0.15) is 0 Å². The molecule has 3 aromatic carbocycles. The Morgan fingerprint density at radius 3 is 1.67 bits per heavy atom. The van der Waals surface area contributed by atoms with E-state index in [9.17, 15) is 9.59 Å². The van der Waals surface area contributed by atoms with Crippen molar-refractivity contribution in [2.75, 3.05) is 4.90 Å². The lowest BCUT2D eigenvalue weighted by Gasteiger charge is -2.14. The molecule has 0 spiro atoms. The predicted molar refractivity (Wildman–Crippen MR) is 100 cm³/mol. The first-order valence-corrected chi connectivity index (χ1v) is 8.26. The van der Waals surface area contributed by atoms with Crippen LogP contribution in [-0.4, -0.2) is 29.0 Å². The minimum Gasteiger partial charge on any atom is -0.457 e. The largest absolute Gasteiger partial charge is 0.488 e. The molecule has 27 heavy (non-hydrogen) atoms. The summed E-state index contributed by atoms with van der Waals surface area (Å²) in [6.07, 6.45) is 0. The van der Waals surface area contributed by atoms with Crippen LogP contribution in [0.1, 0.15) is 20.7 Å². The molecular formula is C20H14BNO5. The van der Waals surface area contributed by atoms with E-state index >= 15 is 0 Å². The highest BCUT2D eigenvalue weighted by molar-refractivity contribution is 6.58. The van der Waals surface area contributed by atoms with Crippen molar-refractivity contribution < 1.29 is 24.4 Å². The van der Waals surface area contributed by atoms with Gasteiger partial charge in [0.25, 0.3) is 11.8 Å². The van der Waals surface area contributed by atoms with Gasteiger partial charge in [-0.25, -0.2) is 4.90 Å². The Kier molecular flexibility index (Phi) is 4.23. The molecule has 0 atom stereocenters. The van der Waals surface area contributed by atoms with Crippen molar-refractivity contribution in [2.24, 2.45) is 0 Å². The van der Waals surface area contributed by atoms with Gasteiger partial charge in [0.1, 0.15) is 11.5 Å². The van der Waals surface area contributed by atoms with E-state index in [0.717, 1.165) is 4.90 Å². The lowest BCUT2D eigenvalue weighted by atomic mass is 9.80. The van der Waals surface area contributed by atoms with E-state index in [2.05, 4.69) is 0 Å². The van der Waals surface area contributed by atoms with Crippen LogP contribution in [0.5, 0.6) is 11.5 Å². The van der Waals surface area contributed by atoms with Gasteiger partial charge >= 0.3 is 7.12 Å². The molecule has 4 rings (SSSR count). The normalized spacial score (nSPS) is 12.9. The summed E-state index contributed by atoms with van der Waals surface area (Å²) in [4.78, 5) is 26.2. The molecule has 0 aliphatic carbocycles. The van der Waals surface area contributed by atoms with E-state index in [0.29, 0.717) is 33.8 Å². The Morgan fingerprint density at radius 2 is 1.19 bits per heavy atom. The van der Waals surface area contributed by atoms with Gasteiger partial charge in [-0.05, 0) is 54.0 Å². The number of imide groups is 1. The molecule has 1 aliphatic rings. The minimum absolute atomic E-state index is 0.345. The van der Waals surface area contributed by atoms with E-state index in [1.807, 2.05) is 0 Å². The highest BCUT2D eigenvalue weighted by Gasteiger charge is 2.36. The average molecular weight is 359 g/mol. The van der Waals surface area contributed by atoms with Crippen molar-refractivity contribution in [3.05, 3.63) is 83.9 Å². The zero-order chi connectivity index (χ0) is 19.0. The first kappa shape index (κ1) is 17.0. The van der Waals surface area contributed by atoms with Crippen molar-refractivity contribution in [1.29, 1.82) is 0 Å². The Hall–Kier alpha value is -3.42. The number of carbonyl (C=O) groups is 2. The second-order valence-corrected chi connectivity index (χ2v) is 6.03. The number of rotatable bonds is 4. The first-order valence-electron chi connectivity index (χ1n) is 8.26. The summed E-state index contributed by atoms with van der Waals surface area (Å²) in [5, 5.41) is 18.2. The molecule has 1 heterocycles. The van der Waals surface area contributed by atoms with Crippen LogP contribution in [0.15, 0.2) is 72.8 Å². The summed E-state index contributed by atoms with van der Waals surface area (Å²) in [6, 6.07) is 19.7. The van der Waals surface area contributed by atoms with Crippen molar-refractivity contribution in [3.63, 3.8) is 0 Å². The first-order chi connectivity index (χ1) is 13.0. The van der Waals surface area contributed by atoms with Crippen LogP contribution in [0.4, 0.5) is 5.69 Å². The van der Waals surface area contributed by atoms with Crippen LogP contribution >= 0.6 is 0 Å². The smallest absolute Gasteiger partial charge is 0.457 e. The summed E-state index contributed by atoms with van der Waals surface area (Å²) < 4.78 is 5.69. The quantitative estimate of drug-likeness (QED) is 0.549. The molecular weight excluding hydrogens is 345 g/mol. The van der Waals surface area contributed by atoms with Crippen molar-refractivity contribution in [2.45, 2.75) is 0 Å². The van der Waals surface area contributed by atoms with Gasteiger partial charge in [-0.1, -0.05) is 24.3 Å². The number of carbonyl (C=O) groups excluding carboxylic acids is 2. The molecule has 6 nitrogen and oxygen atoms in total. The number of fused-ring (bicyclic) bond motifs is 1. The maximum absolute atomic E-state index is 12.5. The van der Waals surface area contributed by atoms with Gasteiger partial charge < -0.3 is 14.8 Å². The van der Waals surface area contributed by atoms with E-state index in [-0.39, 0.29) is 11.8 Å². The molecule has 0 saturated heterocycles. The van der Waals surface area contributed by atoms with Gasteiger partial charge in [-0.15, -0.1) is 0 Å². The maximum atomic E-state index is 12.5. The van der Waals surface area contributed by atoms with Crippen molar-refractivity contribution in [1.82, 2.24) is 0 Å². The zero-order valence-electron chi connectivity index (χ0n) is 14.1. The Labute approximate surface area is 155 Å². The number of ether oxygens (including phenoxy) is 1. The molecule has 0 aromatic heterocycles. The summed E-state index contributed by atoms with van der Waals surface area (Å²) in [5.41, 5.74) is 1.62. The number of anilines is 1. The van der Waals surface area contributed by atoms with Crippen LogP contribution in [0.25, 0.3) is 0 Å². The van der Waals surface area contributed by atoms with Gasteiger partial charge in [0.15, 0.2) is 0 Å². The molecule has 7 heteroatoms. The van der Waals surface area contributed by atoms with Crippen molar-refractivity contribution in [3.8, 4) is 11.5 Å². The number of hydrogen-bond donors (Lipinski definition) is 2. The number of benzene rings is 3. The van der Waals surface area contributed by atoms with E-state index in [4.69, 9.17) is 14.8 Å². The van der Waals surface area contributed by atoms with Crippen LogP contribution in [0, 0.1) is 0 Å². The van der Waals surface area contributed by atoms with E-state index in [1.54, 1.807) is 72.8 Å². The molecule has 0 bridgehead atoms. The topological polar surface area (TPSA) is 87.1 Å². The average Bonchev–Trinajstić information content (AvgIpc) is 2.94. The molecule has 0 radical (unpaired) electrons. The van der Waals surface area contributed by atoms with E-state index in [1.165, 1.54) is 0 Å². The van der Waals surface area contributed by atoms with Crippen LogP contribution in [0.3, 0.4) is 0 Å². The monoisotopic (exact) mass is 359 g/mol. The molecule has 0 fully saturated rings.